The van der Waals surface area contributed by atoms with Gasteiger partial charge in [0.15, 0.2) is 5.13 Å². The molecule has 0 spiro atoms. The Bertz CT molecular complexity index is 757. The van der Waals surface area contributed by atoms with E-state index < -0.39 is 0 Å². The number of anilines is 1. The van der Waals surface area contributed by atoms with E-state index in [2.05, 4.69) is 15.2 Å². The first-order chi connectivity index (χ1) is 12.2. The molecule has 132 valence electrons. The monoisotopic (exact) mass is 359 g/mol. The van der Waals surface area contributed by atoms with E-state index in [-0.39, 0.29) is 23.6 Å². The molecule has 1 aromatic heterocycles. The number of benzene rings is 1. The highest BCUT2D eigenvalue weighted by Crippen LogP contribution is 2.48. The lowest BCUT2D eigenvalue weighted by atomic mass is 10.1. The van der Waals surface area contributed by atoms with Crippen LogP contribution in [0.4, 0.5) is 9.52 Å². The van der Waals surface area contributed by atoms with Crippen LogP contribution in [0.5, 0.6) is 0 Å². The molecule has 1 saturated heterocycles. The Hall–Kier alpha value is -1.79. The van der Waals surface area contributed by atoms with E-state index in [0.29, 0.717) is 17.1 Å². The molecule has 2 aromatic rings. The van der Waals surface area contributed by atoms with Crippen molar-refractivity contribution in [1.29, 1.82) is 0 Å². The maximum absolute atomic E-state index is 13.8. The molecule has 4 rings (SSSR count). The molecule has 4 nitrogen and oxygen atoms in total. The Balaban J connectivity index is 1.32. The fourth-order valence-corrected chi connectivity index (χ4v) is 4.29. The number of nitrogens with zero attached hydrogens (tertiary/aromatic N) is 2. The molecule has 1 saturated carbocycles. The molecule has 1 N–H and O–H groups in total. The van der Waals surface area contributed by atoms with Crippen LogP contribution < -0.4 is 5.32 Å². The summed E-state index contributed by atoms with van der Waals surface area (Å²) in [6, 6.07) is 6.72. The molecule has 1 aliphatic carbocycles. The number of carbonyl (C=O) groups is 1. The number of likely N-dealkylation sites (tertiary alicyclic amines) is 1. The zero-order chi connectivity index (χ0) is 17.2. The van der Waals surface area contributed by atoms with Gasteiger partial charge >= 0.3 is 0 Å². The van der Waals surface area contributed by atoms with Crippen molar-refractivity contribution in [3.63, 3.8) is 0 Å². The molecule has 2 unspecified atom stereocenters. The second-order valence-corrected chi connectivity index (χ2v) is 7.80. The lowest BCUT2D eigenvalue weighted by Crippen LogP contribution is -2.29. The van der Waals surface area contributed by atoms with Gasteiger partial charge in [0.25, 0.3) is 0 Å². The molecular weight excluding hydrogens is 337 g/mol. The average Bonchev–Trinajstić information content (AvgIpc) is 3.31. The van der Waals surface area contributed by atoms with E-state index in [4.69, 9.17) is 0 Å². The largest absolute Gasteiger partial charge is 0.302 e. The van der Waals surface area contributed by atoms with E-state index in [9.17, 15) is 9.18 Å². The van der Waals surface area contributed by atoms with Crippen LogP contribution >= 0.6 is 11.3 Å². The summed E-state index contributed by atoms with van der Waals surface area (Å²) in [5.74, 6) is -0.423. The number of carbonyl (C=O) groups excluding carboxylic acids is 1. The van der Waals surface area contributed by atoms with Crippen molar-refractivity contribution in [2.24, 2.45) is 5.92 Å². The lowest BCUT2D eigenvalue weighted by molar-refractivity contribution is -0.117. The van der Waals surface area contributed by atoms with Crippen LogP contribution in [0.1, 0.15) is 42.9 Å². The van der Waals surface area contributed by atoms with Crippen LogP contribution in [-0.2, 0) is 11.3 Å². The van der Waals surface area contributed by atoms with Crippen LogP contribution in [0.3, 0.4) is 0 Å². The van der Waals surface area contributed by atoms with Crippen molar-refractivity contribution in [3.8, 4) is 0 Å². The van der Waals surface area contributed by atoms with Gasteiger partial charge in [0.1, 0.15) is 5.82 Å². The minimum absolute atomic E-state index is 0.00557. The average molecular weight is 359 g/mol. The molecule has 1 aromatic carbocycles. The van der Waals surface area contributed by atoms with Crippen LogP contribution in [0.15, 0.2) is 29.6 Å². The first-order valence-corrected chi connectivity index (χ1v) is 9.81. The molecule has 1 amide bonds. The molecule has 0 radical (unpaired) electrons. The third kappa shape index (κ3) is 3.90. The van der Waals surface area contributed by atoms with Crippen molar-refractivity contribution in [2.45, 2.75) is 38.1 Å². The van der Waals surface area contributed by atoms with E-state index in [1.54, 1.807) is 12.1 Å². The van der Waals surface area contributed by atoms with Crippen LogP contribution in [0, 0.1) is 11.7 Å². The second-order valence-electron chi connectivity index (χ2n) is 6.94. The first-order valence-electron chi connectivity index (χ1n) is 8.93. The lowest BCUT2D eigenvalue weighted by Gasteiger charge is -2.25. The highest BCUT2D eigenvalue weighted by Gasteiger charge is 2.45. The number of aromatic nitrogens is 1. The van der Waals surface area contributed by atoms with Gasteiger partial charge in [0, 0.05) is 17.8 Å². The van der Waals surface area contributed by atoms with Crippen molar-refractivity contribution < 1.29 is 9.18 Å². The predicted molar refractivity (Wildman–Crippen MR) is 97.1 cm³/mol. The molecule has 2 atom stereocenters. The number of halogens is 1. The SMILES string of the molecule is O=C(Nc1nc(CN2CCCCC2)cs1)C1CC1c1ccccc1F. The van der Waals surface area contributed by atoms with Crippen LogP contribution in [0.25, 0.3) is 0 Å². The topological polar surface area (TPSA) is 45.2 Å². The molecule has 2 fully saturated rings. The second kappa shape index (κ2) is 7.22. The van der Waals surface area contributed by atoms with E-state index in [1.807, 2.05) is 11.4 Å². The molecule has 0 bridgehead atoms. The molecule has 2 heterocycles. The predicted octanol–water partition coefficient (Wildman–Crippen LogP) is 4.01. The maximum Gasteiger partial charge on any atom is 0.229 e. The third-order valence-electron chi connectivity index (χ3n) is 5.05. The summed E-state index contributed by atoms with van der Waals surface area (Å²) in [5, 5.41) is 5.58. The van der Waals surface area contributed by atoms with E-state index >= 15 is 0 Å². The number of amides is 1. The van der Waals surface area contributed by atoms with Crippen LogP contribution in [-0.4, -0.2) is 28.9 Å². The third-order valence-corrected chi connectivity index (χ3v) is 5.85. The quantitative estimate of drug-likeness (QED) is 0.877. The Kier molecular flexibility index (Phi) is 4.81. The van der Waals surface area contributed by atoms with Crippen molar-refractivity contribution >= 4 is 22.4 Å². The van der Waals surface area contributed by atoms with Gasteiger partial charge in [-0.05, 0) is 49.9 Å². The Morgan fingerprint density at radius 1 is 1.28 bits per heavy atom. The number of nitrogens with one attached hydrogen (secondary N) is 1. The summed E-state index contributed by atoms with van der Waals surface area (Å²) in [6.07, 6.45) is 4.54. The van der Waals surface area contributed by atoms with Gasteiger partial charge in [-0.25, -0.2) is 9.37 Å². The standard InChI is InChI=1S/C19H22FN3OS/c20-17-7-3-2-6-14(17)15-10-16(15)18(24)22-19-21-13(12-25-19)11-23-8-4-1-5-9-23/h2-3,6-7,12,15-16H,1,4-5,8-11H2,(H,21,22,24). The summed E-state index contributed by atoms with van der Waals surface area (Å²) in [7, 11) is 0. The summed E-state index contributed by atoms with van der Waals surface area (Å²) >= 11 is 1.47. The smallest absolute Gasteiger partial charge is 0.229 e. The number of piperidine rings is 1. The molecule has 1 aliphatic heterocycles. The van der Waals surface area contributed by atoms with Gasteiger partial charge in [-0.2, -0.15) is 0 Å². The summed E-state index contributed by atoms with van der Waals surface area (Å²) in [6.45, 7) is 3.12. The minimum atomic E-state index is -0.221. The fourth-order valence-electron chi connectivity index (χ4n) is 3.59. The van der Waals surface area contributed by atoms with Gasteiger partial charge in [-0.15, -0.1) is 11.3 Å². The highest BCUT2D eigenvalue weighted by molar-refractivity contribution is 7.13. The van der Waals surface area contributed by atoms with Crippen LogP contribution in [0.2, 0.25) is 0 Å². The Morgan fingerprint density at radius 2 is 2.08 bits per heavy atom. The van der Waals surface area contributed by atoms with Gasteiger partial charge in [0.2, 0.25) is 5.91 Å². The van der Waals surface area contributed by atoms with Gasteiger partial charge in [0.05, 0.1) is 5.69 Å². The van der Waals surface area contributed by atoms with Crippen molar-refractivity contribution in [2.75, 3.05) is 18.4 Å². The van der Waals surface area contributed by atoms with Crippen molar-refractivity contribution in [3.05, 3.63) is 46.7 Å². The maximum atomic E-state index is 13.8. The van der Waals surface area contributed by atoms with E-state index in [1.165, 1.54) is 36.7 Å². The summed E-state index contributed by atoms with van der Waals surface area (Å²) < 4.78 is 13.8. The fraction of sp³-hybridized carbons (Fsp3) is 0.474. The number of hydrogen-bond donors (Lipinski definition) is 1. The van der Waals surface area contributed by atoms with Gasteiger partial charge in [-0.3, -0.25) is 9.69 Å². The highest BCUT2D eigenvalue weighted by atomic mass is 32.1. The van der Waals surface area contributed by atoms with Crippen molar-refractivity contribution in [1.82, 2.24) is 9.88 Å². The Morgan fingerprint density at radius 3 is 2.88 bits per heavy atom. The zero-order valence-corrected chi connectivity index (χ0v) is 14.9. The molecule has 2 aliphatic rings. The van der Waals surface area contributed by atoms with Gasteiger partial charge in [-0.1, -0.05) is 24.6 Å². The van der Waals surface area contributed by atoms with E-state index in [0.717, 1.165) is 25.3 Å². The molecule has 25 heavy (non-hydrogen) atoms. The number of rotatable bonds is 5. The minimum Gasteiger partial charge on any atom is -0.302 e. The number of hydrogen-bond acceptors (Lipinski definition) is 4. The zero-order valence-electron chi connectivity index (χ0n) is 14.1. The van der Waals surface area contributed by atoms with Gasteiger partial charge < -0.3 is 5.32 Å². The summed E-state index contributed by atoms with van der Waals surface area (Å²) in [4.78, 5) is 19.3. The normalized spacial score (nSPS) is 23.4. The first kappa shape index (κ1) is 16.7. The summed E-state index contributed by atoms with van der Waals surface area (Å²) in [5.41, 5.74) is 1.66. The Labute approximate surface area is 151 Å². The number of thiazole rings is 1. The molecular formula is C19H22FN3OS. The molecule has 6 heteroatoms.